The second-order valence-corrected chi connectivity index (χ2v) is 5.99. The minimum absolute atomic E-state index is 0.0213. The zero-order valence-corrected chi connectivity index (χ0v) is 13.4. The second-order valence-electron chi connectivity index (χ2n) is 4.47. The van der Waals surface area contributed by atoms with Gasteiger partial charge in [-0.2, -0.15) is 8.75 Å². The Morgan fingerprint density at radius 2 is 2.14 bits per heavy atom. The number of hydrogen-bond donors (Lipinski definition) is 1. The maximum atomic E-state index is 11.9. The fraction of sp³-hybridized carbons (Fsp3) is 0.286. The molecule has 2 rings (SSSR count). The zero-order valence-electron chi connectivity index (χ0n) is 11.8. The number of benzene rings is 1. The molecule has 0 saturated heterocycles. The van der Waals surface area contributed by atoms with Gasteiger partial charge in [0.05, 0.1) is 28.9 Å². The molecule has 0 saturated carbocycles. The summed E-state index contributed by atoms with van der Waals surface area (Å²) in [5.41, 5.74) is 3.07. The number of aryl methyl sites for hydroxylation is 1. The molecule has 1 aromatic carbocycles. The number of amides is 1. The Balaban J connectivity index is 1.83. The van der Waals surface area contributed by atoms with Crippen LogP contribution in [-0.2, 0) is 10.5 Å². The normalized spacial score (nSPS) is 10.4. The highest BCUT2D eigenvalue weighted by atomic mass is 32.2. The Bertz CT molecular complexity index is 655. The summed E-state index contributed by atoms with van der Waals surface area (Å²) >= 11 is 2.67. The summed E-state index contributed by atoms with van der Waals surface area (Å²) in [4.78, 5) is 23.1. The number of carbonyl (C=O) groups excluding carboxylic acids is 2. The van der Waals surface area contributed by atoms with Crippen molar-refractivity contribution in [3.63, 3.8) is 0 Å². The van der Waals surface area contributed by atoms with Crippen LogP contribution >= 0.6 is 23.5 Å². The van der Waals surface area contributed by atoms with Crippen molar-refractivity contribution in [3.8, 4) is 0 Å². The van der Waals surface area contributed by atoms with Gasteiger partial charge in [-0.05, 0) is 26.0 Å². The van der Waals surface area contributed by atoms with Crippen LogP contribution in [0.5, 0.6) is 0 Å². The minimum atomic E-state index is -0.0958. The molecule has 5 nitrogen and oxygen atoms in total. The van der Waals surface area contributed by atoms with Gasteiger partial charge in [0.2, 0.25) is 5.91 Å². The first kappa shape index (κ1) is 15.7. The molecular formula is C14H15N3O2S2. The molecule has 0 bridgehead atoms. The van der Waals surface area contributed by atoms with Crippen LogP contribution in [0, 0.1) is 6.92 Å². The van der Waals surface area contributed by atoms with Crippen LogP contribution in [0.25, 0.3) is 0 Å². The number of anilines is 1. The number of thioether (sulfide) groups is 1. The smallest absolute Gasteiger partial charge is 0.234 e. The number of ketones is 1. The molecular weight excluding hydrogens is 306 g/mol. The molecule has 1 amide bonds. The van der Waals surface area contributed by atoms with Crippen molar-refractivity contribution in [2.75, 3.05) is 11.1 Å². The Kier molecular flexibility index (Phi) is 5.46. The highest BCUT2D eigenvalue weighted by molar-refractivity contribution is 7.99. The van der Waals surface area contributed by atoms with Crippen LogP contribution in [0.15, 0.2) is 24.3 Å². The Hall–Kier alpha value is -1.73. The number of rotatable bonds is 6. The van der Waals surface area contributed by atoms with Crippen LogP contribution in [0.4, 0.5) is 5.69 Å². The third-order valence-electron chi connectivity index (χ3n) is 2.77. The summed E-state index contributed by atoms with van der Waals surface area (Å²) in [6, 6.07) is 6.93. The van der Waals surface area contributed by atoms with E-state index in [1.54, 1.807) is 24.3 Å². The highest BCUT2D eigenvalue weighted by Crippen LogP contribution is 2.15. The van der Waals surface area contributed by atoms with Gasteiger partial charge in [-0.3, -0.25) is 9.59 Å². The van der Waals surface area contributed by atoms with Crippen molar-refractivity contribution in [2.24, 2.45) is 0 Å². The average Bonchev–Trinajstić information content (AvgIpc) is 2.85. The van der Waals surface area contributed by atoms with E-state index in [0.717, 1.165) is 11.4 Å². The van der Waals surface area contributed by atoms with Crippen molar-refractivity contribution < 1.29 is 9.59 Å². The molecule has 110 valence electrons. The molecule has 0 aliphatic carbocycles. The number of aromatic nitrogens is 2. The van der Waals surface area contributed by atoms with Crippen LogP contribution < -0.4 is 5.32 Å². The van der Waals surface area contributed by atoms with Crippen molar-refractivity contribution in [2.45, 2.75) is 19.6 Å². The highest BCUT2D eigenvalue weighted by Gasteiger charge is 2.07. The van der Waals surface area contributed by atoms with E-state index in [2.05, 4.69) is 14.1 Å². The summed E-state index contributed by atoms with van der Waals surface area (Å²) in [5, 5.41) is 2.79. The van der Waals surface area contributed by atoms with E-state index in [9.17, 15) is 9.59 Å². The van der Waals surface area contributed by atoms with Gasteiger partial charge in [-0.15, -0.1) is 11.8 Å². The summed E-state index contributed by atoms with van der Waals surface area (Å²) < 4.78 is 8.26. The van der Waals surface area contributed by atoms with Gasteiger partial charge in [0, 0.05) is 17.0 Å². The molecule has 0 aliphatic heterocycles. The summed E-state index contributed by atoms with van der Waals surface area (Å²) in [5.74, 6) is 0.887. The van der Waals surface area contributed by atoms with Crippen molar-refractivity contribution >= 4 is 40.9 Å². The molecule has 7 heteroatoms. The molecule has 1 N–H and O–H groups in total. The topological polar surface area (TPSA) is 72.0 Å². The Morgan fingerprint density at radius 1 is 1.33 bits per heavy atom. The quantitative estimate of drug-likeness (QED) is 0.828. The molecule has 2 aromatic rings. The first-order valence-electron chi connectivity index (χ1n) is 6.33. The van der Waals surface area contributed by atoms with Gasteiger partial charge in [-0.1, -0.05) is 12.1 Å². The lowest BCUT2D eigenvalue weighted by Gasteiger charge is -2.06. The summed E-state index contributed by atoms with van der Waals surface area (Å²) in [6.45, 7) is 3.41. The first-order chi connectivity index (χ1) is 10.1. The SMILES string of the molecule is CC(=O)c1cccc(NC(=O)CSCc2nsnc2C)c1. The molecule has 0 spiro atoms. The van der Waals surface area contributed by atoms with Crippen LogP contribution in [-0.4, -0.2) is 26.2 Å². The lowest BCUT2D eigenvalue weighted by atomic mass is 10.1. The average molecular weight is 321 g/mol. The third-order valence-corrected chi connectivity index (χ3v) is 4.37. The van der Waals surface area contributed by atoms with Gasteiger partial charge in [0.25, 0.3) is 0 Å². The predicted octanol–water partition coefficient (Wildman–Crippen LogP) is 2.92. The summed E-state index contributed by atoms with van der Waals surface area (Å²) in [7, 11) is 0. The lowest BCUT2D eigenvalue weighted by Crippen LogP contribution is -2.14. The number of hydrogen-bond acceptors (Lipinski definition) is 6. The van der Waals surface area contributed by atoms with Crippen LogP contribution in [0.3, 0.4) is 0 Å². The fourth-order valence-corrected chi connectivity index (χ4v) is 3.11. The lowest BCUT2D eigenvalue weighted by molar-refractivity contribution is -0.113. The maximum absolute atomic E-state index is 11.9. The monoisotopic (exact) mass is 321 g/mol. The van der Waals surface area contributed by atoms with E-state index in [1.807, 2.05) is 6.92 Å². The van der Waals surface area contributed by atoms with Gasteiger partial charge in [-0.25, -0.2) is 0 Å². The molecule has 1 aromatic heterocycles. The van der Waals surface area contributed by atoms with Gasteiger partial charge >= 0.3 is 0 Å². The Morgan fingerprint density at radius 3 is 2.81 bits per heavy atom. The van der Waals surface area contributed by atoms with E-state index in [0.29, 0.717) is 22.8 Å². The fourth-order valence-electron chi connectivity index (χ4n) is 1.63. The molecule has 1 heterocycles. The first-order valence-corrected chi connectivity index (χ1v) is 8.21. The molecule has 0 atom stereocenters. The van der Waals surface area contributed by atoms with Crippen molar-refractivity contribution in [1.29, 1.82) is 0 Å². The van der Waals surface area contributed by atoms with E-state index >= 15 is 0 Å². The maximum Gasteiger partial charge on any atom is 0.234 e. The number of nitrogens with zero attached hydrogens (tertiary/aromatic N) is 2. The van der Waals surface area contributed by atoms with Crippen molar-refractivity contribution in [1.82, 2.24) is 8.75 Å². The molecule has 0 radical (unpaired) electrons. The molecule has 0 fully saturated rings. The Labute approximate surface area is 131 Å². The molecule has 21 heavy (non-hydrogen) atoms. The van der Waals surface area contributed by atoms with E-state index < -0.39 is 0 Å². The van der Waals surface area contributed by atoms with E-state index in [-0.39, 0.29) is 11.7 Å². The summed E-state index contributed by atoms with van der Waals surface area (Å²) in [6.07, 6.45) is 0. The minimum Gasteiger partial charge on any atom is -0.325 e. The number of nitrogens with one attached hydrogen (secondary N) is 1. The standard InChI is InChI=1S/C14H15N3O2S2/c1-9-13(17-21-16-9)7-20-8-14(19)15-12-5-3-4-11(6-12)10(2)18/h3-6H,7-8H2,1-2H3,(H,15,19). The largest absolute Gasteiger partial charge is 0.325 e. The second kappa shape index (κ2) is 7.33. The van der Waals surface area contributed by atoms with Crippen LogP contribution in [0.1, 0.15) is 28.7 Å². The number of carbonyl (C=O) groups is 2. The zero-order chi connectivity index (χ0) is 15.2. The predicted molar refractivity (Wildman–Crippen MR) is 85.9 cm³/mol. The molecule has 0 aliphatic rings. The van der Waals surface area contributed by atoms with Gasteiger partial charge in [0.15, 0.2) is 5.78 Å². The van der Waals surface area contributed by atoms with Gasteiger partial charge in [0.1, 0.15) is 0 Å². The number of Topliss-reactive ketones (excluding diaryl/α,β-unsaturated/α-hetero) is 1. The van der Waals surface area contributed by atoms with E-state index in [4.69, 9.17) is 0 Å². The van der Waals surface area contributed by atoms with E-state index in [1.165, 1.54) is 30.4 Å². The van der Waals surface area contributed by atoms with Crippen molar-refractivity contribution in [3.05, 3.63) is 41.2 Å². The third kappa shape index (κ3) is 4.64. The van der Waals surface area contributed by atoms with Gasteiger partial charge < -0.3 is 5.32 Å². The van der Waals surface area contributed by atoms with Crippen LogP contribution in [0.2, 0.25) is 0 Å². The molecule has 0 unspecified atom stereocenters.